The summed E-state index contributed by atoms with van der Waals surface area (Å²) < 4.78 is 11.2. The minimum absolute atomic E-state index is 0.0799. The van der Waals surface area contributed by atoms with Gasteiger partial charge in [-0.15, -0.1) is 0 Å². The first-order valence-corrected chi connectivity index (χ1v) is 11.3. The Morgan fingerprint density at radius 2 is 1.15 bits per heavy atom. The van der Waals surface area contributed by atoms with Gasteiger partial charge in [-0.2, -0.15) is 0 Å². The van der Waals surface area contributed by atoms with Crippen molar-refractivity contribution in [3.8, 4) is 0 Å². The molecule has 3 aromatic carbocycles. The molecule has 0 unspecified atom stereocenters. The Hall–Kier alpha value is -3.86. The van der Waals surface area contributed by atoms with E-state index in [9.17, 15) is 9.59 Å². The predicted molar refractivity (Wildman–Crippen MR) is 134 cm³/mol. The highest BCUT2D eigenvalue weighted by atomic mass is 16.6. The van der Waals surface area contributed by atoms with Crippen LogP contribution < -0.4 is 5.32 Å². The van der Waals surface area contributed by atoms with Gasteiger partial charge in [0, 0.05) is 22.3 Å². The lowest BCUT2D eigenvalue weighted by atomic mass is 9.79. The Balaban J connectivity index is 2.07. The van der Waals surface area contributed by atoms with E-state index in [-0.39, 0.29) is 18.7 Å². The molecule has 0 saturated carbocycles. The van der Waals surface area contributed by atoms with E-state index in [0.717, 1.165) is 33.4 Å². The van der Waals surface area contributed by atoms with E-state index in [4.69, 9.17) is 9.47 Å². The Morgan fingerprint density at radius 1 is 0.765 bits per heavy atom. The second-order valence-corrected chi connectivity index (χ2v) is 8.35. The summed E-state index contributed by atoms with van der Waals surface area (Å²) in [6, 6.07) is 23.8. The van der Waals surface area contributed by atoms with Gasteiger partial charge in [0.25, 0.3) is 0 Å². The van der Waals surface area contributed by atoms with Gasteiger partial charge in [0.2, 0.25) is 0 Å². The van der Waals surface area contributed by atoms with Crippen molar-refractivity contribution < 1.29 is 19.1 Å². The van der Waals surface area contributed by atoms with Crippen LogP contribution in [-0.4, -0.2) is 25.2 Å². The van der Waals surface area contributed by atoms with Crippen LogP contribution in [-0.2, 0) is 19.9 Å². The van der Waals surface area contributed by atoms with Crippen molar-refractivity contribution >= 4 is 12.1 Å². The molecule has 5 heteroatoms. The van der Waals surface area contributed by atoms with Crippen molar-refractivity contribution in [3.05, 3.63) is 118 Å². The molecule has 1 N–H and O–H groups in total. The standard InChI is InChI=1S/C29H31NO4/c1-6-33-27(31)23(5)19-30-28(32)34-29(24-13-7-20(2)8-14-24,25-15-9-21(3)10-16-25)26-17-11-22(4)12-18-26/h7-18H,5-6,19H2,1-4H3,(H,30,32). The van der Waals surface area contributed by atoms with Crippen LogP contribution in [0.15, 0.2) is 84.9 Å². The van der Waals surface area contributed by atoms with Gasteiger partial charge < -0.3 is 14.8 Å². The number of hydrogen-bond acceptors (Lipinski definition) is 4. The van der Waals surface area contributed by atoms with Gasteiger partial charge in [0.15, 0.2) is 5.60 Å². The number of benzene rings is 3. The molecule has 176 valence electrons. The average Bonchev–Trinajstić information content (AvgIpc) is 2.83. The van der Waals surface area contributed by atoms with E-state index < -0.39 is 17.7 Å². The number of amides is 1. The molecule has 34 heavy (non-hydrogen) atoms. The molecule has 3 aromatic rings. The lowest BCUT2D eigenvalue weighted by molar-refractivity contribution is -0.138. The quantitative estimate of drug-likeness (QED) is 0.266. The van der Waals surface area contributed by atoms with Gasteiger partial charge in [-0.05, 0) is 27.7 Å². The zero-order valence-corrected chi connectivity index (χ0v) is 20.2. The molecule has 3 rings (SSSR count). The Bertz CT molecular complexity index is 1040. The van der Waals surface area contributed by atoms with Crippen molar-refractivity contribution in [2.24, 2.45) is 0 Å². The second kappa shape index (κ2) is 10.8. The first kappa shape index (κ1) is 24.8. The number of carbonyl (C=O) groups is 2. The summed E-state index contributed by atoms with van der Waals surface area (Å²) in [6.07, 6.45) is -0.674. The number of aryl methyl sites for hydroxylation is 3. The zero-order valence-electron chi connectivity index (χ0n) is 20.2. The van der Waals surface area contributed by atoms with Gasteiger partial charge in [-0.3, -0.25) is 0 Å². The number of ether oxygens (including phenoxy) is 2. The smallest absolute Gasteiger partial charge is 0.408 e. The van der Waals surface area contributed by atoms with Gasteiger partial charge in [0.05, 0.1) is 13.2 Å². The largest absolute Gasteiger partial charge is 0.463 e. The minimum atomic E-state index is -1.20. The lowest BCUT2D eigenvalue weighted by Crippen LogP contribution is -2.40. The number of esters is 1. The number of hydrogen-bond donors (Lipinski definition) is 1. The second-order valence-electron chi connectivity index (χ2n) is 8.35. The third-order valence-corrected chi connectivity index (χ3v) is 5.63. The van der Waals surface area contributed by atoms with Crippen molar-refractivity contribution in [1.82, 2.24) is 5.32 Å². The van der Waals surface area contributed by atoms with Crippen LogP contribution in [0.2, 0.25) is 0 Å². The number of carbonyl (C=O) groups excluding carboxylic acids is 2. The SMILES string of the molecule is C=C(CNC(=O)OC(c1ccc(C)cc1)(c1ccc(C)cc1)c1ccc(C)cc1)C(=O)OCC. The summed E-state index contributed by atoms with van der Waals surface area (Å²) in [4.78, 5) is 25.0. The molecule has 0 aliphatic heterocycles. The Labute approximate surface area is 201 Å². The molecule has 0 atom stereocenters. The summed E-state index contributed by atoms with van der Waals surface area (Å²) in [6.45, 7) is 11.6. The monoisotopic (exact) mass is 457 g/mol. The molecule has 0 heterocycles. The van der Waals surface area contributed by atoms with E-state index in [1.54, 1.807) is 6.92 Å². The third-order valence-electron chi connectivity index (χ3n) is 5.63. The minimum Gasteiger partial charge on any atom is -0.463 e. The number of rotatable bonds is 8. The topological polar surface area (TPSA) is 64.6 Å². The van der Waals surface area contributed by atoms with Crippen molar-refractivity contribution in [1.29, 1.82) is 0 Å². The molecule has 0 saturated heterocycles. The van der Waals surface area contributed by atoms with E-state index in [2.05, 4.69) is 11.9 Å². The van der Waals surface area contributed by atoms with Gasteiger partial charge in [0.1, 0.15) is 0 Å². The zero-order chi connectivity index (χ0) is 24.7. The van der Waals surface area contributed by atoms with Crippen LogP contribution in [0.25, 0.3) is 0 Å². The number of nitrogens with one attached hydrogen (secondary N) is 1. The molecule has 5 nitrogen and oxygen atoms in total. The maximum Gasteiger partial charge on any atom is 0.408 e. The maximum absolute atomic E-state index is 13.1. The summed E-state index contributed by atoms with van der Waals surface area (Å²) in [7, 11) is 0. The molecular weight excluding hydrogens is 426 g/mol. The molecule has 0 aromatic heterocycles. The normalized spacial score (nSPS) is 10.9. The van der Waals surface area contributed by atoms with Gasteiger partial charge in [-0.25, -0.2) is 9.59 Å². The molecule has 0 fully saturated rings. The summed E-state index contributed by atoms with van der Waals surface area (Å²) in [5.74, 6) is -0.551. The lowest BCUT2D eigenvalue weighted by Gasteiger charge is -2.35. The molecule has 0 bridgehead atoms. The first-order valence-electron chi connectivity index (χ1n) is 11.3. The van der Waals surface area contributed by atoms with Gasteiger partial charge >= 0.3 is 12.1 Å². The van der Waals surface area contributed by atoms with E-state index in [1.165, 1.54) is 0 Å². The summed E-state index contributed by atoms with van der Waals surface area (Å²) in [5, 5.41) is 2.66. The number of alkyl carbamates (subject to hydrolysis) is 1. The Morgan fingerprint density at radius 3 is 1.50 bits per heavy atom. The maximum atomic E-state index is 13.1. The van der Waals surface area contributed by atoms with Crippen molar-refractivity contribution in [2.45, 2.75) is 33.3 Å². The van der Waals surface area contributed by atoms with E-state index in [1.807, 2.05) is 93.6 Å². The highest BCUT2D eigenvalue weighted by Crippen LogP contribution is 2.41. The molecule has 0 spiro atoms. The molecule has 0 aliphatic rings. The van der Waals surface area contributed by atoms with Crippen LogP contribution in [0.1, 0.15) is 40.3 Å². The molecule has 0 aliphatic carbocycles. The van der Waals surface area contributed by atoms with Crippen LogP contribution in [0.4, 0.5) is 4.79 Å². The van der Waals surface area contributed by atoms with Crippen LogP contribution in [0.3, 0.4) is 0 Å². The fourth-order valence-corrected chi connectivity index (χ4v) is 3.70. The van der Waals surface area contributed by atoms with Crippen molar-refractivity contribution in [3.63, 3.8) is 0 Å². The summed E-state index contributed by atoms with van der Waals surface area (Å²) in [5.41, 5.74) is 4.66. The highest BCUT2D eigenvalue weighted by molar-refractivity contribution is 5.88. The fourth-order valence-electron chi connectivity index (χ4n) is 3.70. The summed E-state index contributed by atoms with van der Waals surface area (Å²) >= 11 is 0. The van der Waals surface area contributed by atoms with E-state index in [0.29, 0.717) is 0 Å². The van der Waals surface area contributed by atoms with Crippen LogP contribution in [0.5, 0.6) is 0 Å². The van der Waals surface area contributed by atoms with Gasteiger partial charge in [-0.1, -0.05) is 96.1 Å². The van der Waals surface area contributed by atoms with Crippen LogP contribution in [0, 0.1) is 20.8 Å². The van der Waals surface area contributed by atoms with Crippen molar-refractivity contribution in [2.75, 3.05) is 13.2 Å². The molecular formula is C29H31NO4. The molecule has 1 amide bonds. The predicted octanol–water partition coefficient (Wildman–Crippen LogP) is 5.75. The third kappa shape index (κ3) is 5.54. The first-order chi connectivity index (χ1) is 16.3. The fraction of sp³-hybridized carbons (Fsp3) is 0.241. The molecule has 0 radical (unpaired) electrons. The highest BCUT2D eigenvalue weighted by Gasteiger charge is 2.40. The average molecular weight is 458 g/mol. The van der Waals surface area contributed by atoms with E-state index >= 15 is 0 Å². The Kier molecular flexibility index (Phi) is 7.90. The van der Waals surface area contributed by atoms with Crippen LogP contribution >= 0.6 is 0 Å².